The molecule has 1 unspecified atom stereocenters. The summed E-state index contributed by atoms with van der Waals surface area (Å²) in [6, 6.07) is 13.3. The van der Waals surface area contributed by atoms with Crippen molar-refractivity contribution in [2.45, 2.75) is 40.5 Å². The molecule has 2 aromatic carbocycles. The zero-order valence-corrected chi connectivity index (χ0v) is 19.9. The Hall–Kier alpha value is -3.94. The second-order valence-electron chi connectivity index (χ2n) is 8.65. The number of ether oxygens (including phenoxy) is 1. The lowest BCUT2D eigenvalue weighted by Crippen LogP contribution is -2.21. The van der Waals surface area contributed by atoms with Gasteiger partial charge in [0.2, 0.25) is 11.6 Å². The summed E-state index contributed by atoms with van der Waals surface area (Å²) in [7, 11) is 0. The van der Waals surface area contributed by atoms with Crippen LogP contribution in [0.15, 0.2) is 59.7 Å². The SMILES string of the molecule is CCOc1ccc(-n2ccn3c(CC(C)CC(=O)Nc4cc(C)cc(C)c4)nnc3c2=O)cc1. The van der Waals surface area contributed by atoms with Crippen LogP contribution in [-0.4, -0.2) is 31.7 Å². The lowest BCUT2D eigenvalue weighted by atomic mass is 10.0. The normalized spacial score (nSPS) is 12.0. The molecule has 4 rings (SSSR count). The topological polar surface area (TPSA) is 90.5 Å². The second-order valence-corrected chi connectivity index (χ2v) is 8.65. The molecule has 0 saturated carbocycles. The first-order valence-corrected chi connectivity index (χ1v) is 11.4. The van der Waals surface area contributed by atoms with Crippen LogP contribution in [-0.2, 0) is 11.2 Å². The number of benzene rings is 2. The first-order valence-electron chi connectivity index (χ1n) is 11.4. The van der Waals surface area contributed by atoms with Gasteiger partial charge in [-0.15, -0.1) is 10.2 Å². The predicted molar refractivity (Wildman–Crippen MR) is 132 cm³/mol. The van der Waals surface area contributed by atoms with E-state index in [9.17, 15) is 9.59 Å². The van der Waals surface area contributed by atoms with Crippen LogP contribution in [0.25, 0.3) is 11.3 Å². The van der Waals surface area contributed by atoms with Gasteiger partial charge in [-0.05, 0) is 74.2 Å². The molecule has 0 bridgehead atoms. The molecule has 0 radical (unpaired) electrons. The summed E-state index contributed by atoms with van der Waals surface area (Å²) in [5.41, 5.74) is 3.72. The Morgan fingerprint density at radius 3 is 2.44 bits per heavy atom. The van der Waals surface area contributed by atoms with Crippen molar-refractivity contribution in [1.29, 1.82) is 0 Å². The number of aryl methyl sites for hydroxylation is 2. The van der Waals surface area contributed by atoms with E-state index >= 15 is 0 Å². The van der Waals surface area contributed by atoms with Crippen LogP contribution < -0.4 is 15.6 Å². The van der Waals surface area contributed by atoms with Crippen molar-refractivity contribution in [3.8, 4) is 11.4 Å². The molecule has 0 aliphatic rings. The van der Waals surface area contributed by atoms with E-state index in [-0.39, 0.29) is 23.0 Å². The fourth-order valence-electron chi connectivity index (χ4n) is 4.11. The molecule has 0 aliphatic carbocycles. The highest BCUT2D eigenvalue weighted by atomic mass is 16.5. The number of rotatable bonds is 8. The van der Waals surface area contributed by atoms with Crippen molar-refractivity contribution in [1.82, 2.24) is 19.2 Å². The van der Waals surface area contributed by atoms with Gasteiger partial charge in [0.05, 0.1) is 6.61 Å². The summed E-state index contributed by atoms with van der Waals surface area (Å²) in [6.45, 7) is 8.51. The Kier molecular flexibility index (Phi) is 6.77. The van der Waals surface area contributed by atoms with Gasteiger partial charge >= 0.3 is 5.56 Å². The zero-order valence-electron chi connectivity index (χ0n) is 19.9. The molecule has 2 heterocycles. The lowest BCUT2D eigenvalue weighted by molar-refractivity contribution is -0.116. The zero-order chi connectivity index (χ0) is 24.2. The highest BCUT2D eigenvalue weighted by molar-refractivity contribution is 5.91. The van der Waals surface area contributed by atoms with Gasteiger partial charge in [-0.1, -0.05) is 13.0 Å². The standard InChI is InChI=1S/C26H29N5O3/c1-5-34-22-8-6-21(7-9-22)30-10-11-31-23(28-29-25(31)26(30)33)15-19(4)16-24(32)27-20-13-17(2)12-18(3)14-20/h6-14,19H,5,15-16H2,1-4H3,(H,27,32). The Bertz CT molecular complexity index is 1350. The molecule has 8 nitrogen and oxygen atoms in total. The van der Waals surface area contributed by atoms with Crippen molar-refractivity contribution in [3.05, 3.63) is 82.2 Å². The predicted octanol–water partition coefficient (Wildman–Crippen LogP) is 4.10. The molecule has 0 aliphatic heterocycles. The number of fused-ring (bicyclic) bond motifs is 1. The van der Waals surface area contributed by atoms with Gasteiger partial charge < -0.3 is 10.1 Å². The van der Waals surface area contributed by atoms with Gasteiger partial charge in [0.25, 0.3) is 0 Å². The summed E-state index contributed by atoms with van der Waals surface area (Å²) in [5.74, 6) is 1.37. The number of hydrogen-bond acceptors (Lipinski definition) is 5. The number of carbonyl (C=O) groups excluding carboxylic acids is 1. The summed E-state index contributed by atoms with van der Waals surface area (Å²) >= 11 is 0. The highest BCUT2D eigenvalue weighted by Crippen LogP contribution is 2.17. The molecule has 4 aromatic rings. The minimum absolute atomic E-state index is 0.0202. The number of carbonyl (C=O) groups is 1. The van der Waals surface area contributed by atoms with E-state index in [1.807, 2.05) is 64.1 Å². The van der Waals surface area contributed by atoms with Gasteiger partial charge in [-0.25, -0.2) is 0 Å². The maximum atomic E-state index is 13.0. The monoisotopic (exact) mass is 459 g/mol. The van der Waals surface area contributed by atoms with Crippen molar-refractivity contribution >= 4 is 17.2 Å². The van der Waals surface area contributed by atoms with Crippen LogP contribution in [0.1, 0.15) is 37.2 Å². The van der Waals surface area contributed by atoms with Crippen LogP contribution in [0.2, 0.25) is 0 Å². The Balaban J connectivity index is 1.46. The molecule has 0 fully saturated rings. The molecule has 176 valence electrons. The molecular weight excluding hydrogens is 430 g/mol. The number of anilines is 1. The van der Waals surface area contributed by atoms with E-state index in [1.54, 1.807) is 16.8 Å². The minimum atomic E-state index is -0.259. The summed E-state index contributed by atoms with van der Waals surface area (Å²) in [4.78, 5) is 25.6. The van der Waals surface area contributed by atoms with Crippen molar-refractivity contribution in [2.24, 2.45) is 5.92 Å². The van der Waals surface area contributed by atoms with Crippen LogP contribution in [0.5, 0.6) is 5.75 Å². The third-order valence-corrected chi connectivity index (χ3v) is 5.54. The average Bonchev–Trinajstić information content (AvgIpc) is 3.17. The van der Waals surface area contributed by atoms with Crippen molar-refractivity contribution in [3.63, 3.8) is 0 Å². The second kappa shape index (κ2) is 9.91. The number of aromatic nitrogens is 4. The Morgan fingerprint density at radius 1 is 1.06 bits per heavy atom. The largest absolute Gasteiger partial charge is 0.494 e. The first-order chi connectivity index (χ1) is 16.3. The first kappa shape index (κ1) is 23.2. The molecular formula is C26H29N5O3. The third kappa shape index (κ3) is 5.17. The molecule has 0 spiro atoms. The van der Waals surface area contributed by atoms with Gasteiger partial charge in [-0.3, -0.25) is 18.6 Å². The molecule has 2 aromatic heterocycles. The molecule has 0 saturated heterocycles. The molecule has 8 heteroatoms. The number of amides is 1. The fourth-order valence-corrected chi connectivity index (χ4v) is 4.11. The van der Waals surface area contributed by atoms with E-state index in [4.69, 9.17) is 4.74 Å². The smallest absolute Gasteiger partial charge is 0.300 e. The maximum absolute atomic E-state index is 13.0. The number of hydrogen-bond donors (Lipinski definition) is 1. The fraction of sp³-hybridized carbons (Fsp3) is 0.308. The van der Waals surface area contributed by atoms with Crippen molar-refractivity contribution in [2.75, 3.05) is 11.9 Å². The number of nitrogens with zero attached hydrogens (tertiary/aromatic N) is 4. The van der Waals surface area contributed by atoms with E-state index in [0.29, 0.717) is 25.3 Å². The molecule has 1 atom stereocenters. The third-order valence-electron chi connectivity index (χ3n) is 5.54. The Labute approximate surface area is 198 Å². The van der Waals surface area contributed by atoms with E-state index < -0.39 is 0 Å². The van der Waals surface area contributed by atoms with E-state index in [0.717, 1.165) is 28.3 Å². The summed E-state index contributed by atoms with van der Waals surface area (Å²) in [5, 5.41) is 11.3. The minimum Gasteiger partial charge on any atom is -0.494 e. The highest BCUT2D eigenvalue weighted by Gasteiger charge is 2.16. The molecule has 1 N–H and O–H groups in total. The van der Waals surface area contributed by atoms with E-state index in [2.05, 4.69) is 21.6 Å². The van der Waals surface area contributed by atoms with Gasteiger partial charge in [0, 0.05) is 36.6 Å². The Morgan fingerprint density at radius 2 is 1.76 bits per heavy atom. The summed E-state index contributed by atoms with van der Waals surface area (Å²) < 4.78 is 8.70. The van der Waals surface area contributed by atoms with Gasteiger partial charge in [0.1, 0.15) is 11.6 Å². The quantitative estimate of drug-likeness (QED) is 0.428. The summed E-state index contributed by atoms with van der Waals surface area (Å²) in [6.07, 6.45) is 4.35. The average molecular weight is 460 g/mol. The van der Waals surface area contributed by atoms with Crippen LogP contribution in [0.3, 0.4) is 0 Å². The van der Waals surface area contributed by atoms with Gasteiger partial charge in [0.15, 0.2) is 0 Å². The molecule has 1 amide bonds. The molecule has 34 heavy (non-hydrogen) atoms. The maximum Gasteiger partial charge on any atom is 0.300 e. The van der Waals surface area contributed by atoms with Crippen molar-refractivity contribution < 1.29 is 9.53 Å². The number of nitrogens with one attached hydrogen (secondary N) is 1. The van der Waals surface area contributed by atoms with Crippen LogP contribution in [0, 0.1) is 19.8 Å². The van der Waals surface area contributed by atoms with E-state index in [1.165, 1.54) is 4.57 Å². The van der Waals surface area contributed by atoms with Crippen LogP contribution >= 0.6 is 0 Å². The van der Waals surface area contributed by atoms with Gasteiger partial charge in [-0.2, -0.15) is 0 Å². The lowest BCUT2D eigenvalue weighted by Gasteiger charge is -2.12. The van der Waals surface area contributed by atoms with Crippen LogP contribution in [0.4, 0.5) is 5.69 Å².